The minimum absolute atomic E-state index is 0.0132. The van der Waals surface area contributed by atoms with Crippen LogP contribution in [0.5, 0.6) is 0 Å². The van der Waals surface area contributed by atoms with Crippen molar-refractivity contribution in [2.75, 3.05) is 6.54 Å². The fraction of sp³-hybridized carbons (Fsp3) is 0.425. The summed E-state index contributed by atoms with van der Waals surface area (Å²) in [5, 5.41) is 26.2. The summed E-state index contributed by atoms with van der Waals surface area (Å²) in [6.07, 6.45) is -0.607. The van der Waals surface area contributed by atoms with Crippen molar-refractivity contribution in [3.8, 4) is 0 Å². The molecule has 12 heteroatoms. The number of ether oxygens (including phenoxy) is 1. The number of aliphatic hydroxyl groups excluding tert-OH is 1. The van der Waals surface area contributed by atoms with Crippen molar-refractivity contribution >= 4 is 45.9 Å². The predicted octanol–water partition coefficient (Wildman–Crippen LogP) is 5.31. The van der Waals surface area contributed by atoms with Gasteiger partial charge in [-0.1, -0.05) is 107 Å². The number of alkyl carbamates (subject to hydrolysis) is 1. The molecule has 0 aliphatic carbocycles. The average molecular weight is 730 g/mol. The van der Waals surface area contributed by atoms with Crippen LogP contribution in [0.1, 0.15) is 63.8 Å². The van der Waals surface area contributed by atoms with Crippen LogP contribution in [0.15, 0.2) is 83.7 Å². The van der Waals surface area contributed by atoms with Crippen LogP contribution in [-0.2, 0) is 38.6 Å². The molecule has 0 radical (unpaired) electrons. The highest BCUT2D eigenvalue weighted by molar-refractivity contribution is 7.07. The molecular formula is C40H51N5O6S. The van der Waals surface area contributed by atoms with Gasteiger partial charge < -0.3 is 31.1 Å². The predicted molar refractivity (Wildman–Crippen MR) is 203 cm³/mol. The van der Waals surface area contributed by atoms with Gasteiger partial charge in [-0.2, -0.15) is 0 Å². The minimum Gasteiger partial charge on any atom is -0.445 e. The zero-order valence-electron chi connectivity index (χ0n) is 30.3. The fourth-order valence-corrected chi connectivity index (χ4v) is 6.35. The van der Waals surface area contributed by atoms with Crippen LogP contribution in [-0.4, -0.2) is 64.7 Å². The number of aliphatic hydroxyl groups is 1. The van der Waals surface area contributed by atoms with E-state index in [4.69, 9.17) is 4.74 Å². The van der Waals surface area contributed by atoms with Crippen molar-refractivity contribution in [2.45, 2.75) is 90.6 Å². The van der Waals surface area contributed by atoms with Gasteiger partial charge in [-0.3, -0.25) is 14.4 Å². The van der Waals surface area contributed by atoms with Crippen molar-refractivity contribution in [3.05, 3.63) is 101 Å². The topological polar surface area (TPSA) is 159 Å². The Morgan fingerprint density at radius 1 is 0.846 bits per heavy atom. The van der Waals surface area contributed by atoms with E-state index >= 15 is 0 Å². The largest absolute Gasteiger partial charge is 0.445 e. The number of amides is 4. The first-order chi connectivity index (χ1) is 25.0. The third-order valence-electron chi connectivity index (χ3n) is 8.91. The third kappa shape index (κ3) is 12.8. The zero-order chi connectivity index (χ0) is 37.5. The Balaban J connectivity index is 1.54. The maximum Gasteiger partial charge on any atom is 0.408 e. The summed E-state index contributed by atoms with van der Waals surface area (Å²) in [7, 11) is 0. The smallest absolute Gasteiger partial charge is 0.408 e. The lowest BCUT2D eigenvalue weighted by molar-refractivity contribution is -0.131. The minimum atomic E-state index is -1.15. The molecule has 0 aliphatic heterocycles. The van der Waals surface area contributed by atoms with Crippen molar-refractivity contribution in [2.24, 2.45) is 11.8 Å². The number of carbonyl (C=O) groups is 4. The maximum absolute atomic E-state index is 14.1. The lowest BCUT2D eigenvalue weighted by Crippen LogP contribution is -2.57. The summed E-state index contributed by atoms with van der Waals surface area (Å²) >= 11 is 1.36. The molecule has 0 bridgehead atoms. The van der Waals surface area contributed by atoms with Gasteiger partial charge in [-0.15, -0.1) is 11.3 Å². The van der Waals surface area contributed by atoms with Crippen LogP contribution in [0, 0.1) is 11.8 Å². The Kier molecular flexibility index (Phi) is 15.6. The second kappa shape index (κ2) is 20.3. The molecule has 3 unspecified atom stereocenters. The monoisotopic (exact) mass is 729 g/mol. The first-order valence-corrected chi connectivity index (χ1v) is 18.8. The molecule has 1 heterocycles. The van der Waals surface area contributed by atoms with Gasteiger partial charge in [-0.25, -0.2) is 9.78 Å². The van der Waals surface area contributed by atoms with Gasteiger partial charge in [0.05, 0.1) is 29.8 Å². The Morgan fingerprint density at radius 3 is 2.25 bits per heavy atom. The van der Waals surface area contributed by atoms with E-state index in [1.165, 1.54) is 11.3 Å². The first-order valence-electron chi connectivity index (χ1n) is 17.9. The van der Waals surface area contributed by atoms with Crippen LogP contribution in [0.2, 0.25) is 0 Å². The number of benzene rings is 3. The normalized spacial score (nSPS) is 14.1. The number of thiazole rings is 1. The van der Waals surface area contributed by atoms with E-state index in [0.29, 0.717) is 24.6 Å². The highest BCUT2D eigenvalue weighted by Crippen LogP contribution is 2.20. The number of carbonyl (C=O) groups excluding carboxylic acids is 4. The summed E-state index contributed by atoms with van der Waals surface area (Å²) < 4.78 is 5.48. The maximum atomic E-state index is 14.1. The van der Waals surface area contributed by atoms with Gasteiger partial charge in [0, 0.05) is 24.8 Å². The second-order valence-corrected chi connectivity index (χ2v) is 14.4. The molecule has 4 amide bonds. The molecule has 3 aromatic carbocycles. The molecule has 1 aromatic heterocycles. The van der Waals surface area contributed by atoms with E-state index in [9.17, 15) is 24.3 Å². The number of fused-ring (bicyclic) bond motifs is 1. The van der Waals surface area contributed by atoms with Crippen LogP contribution in [0.4, 0.5) is 4.79 Å². The first kappa shape index (κ1) is 40.0. The Labute approximate surface area is 310 Å². The summed E-state index contributed by atoms with van der Waals surface area (Å²) in [5.74, 6) is -1.05. The molecule has 52 heavy (non-hydrogen) atoms. The number of nitrogens with one attached hydrogen (secondary N) is 4. The van der Waals surface area contributed by atoms with E-state index in [-0.39, 0.29) is 37.7 Å². The lowest BCUT2D eigenvalue weighted by Gasteiger charge is -2.29. The molecule has 5 N–H and O–H groups in total. The van der Waals surface area contributed by atoms with Gasteiger partial charge in [0.15, 0.2) is 0 Å². The zero-order valence-corrected chi connectivity index (χ0v) is 31.2. The van der Waals surface area contributed by atoms with E-state index in [1.54, 1.807) is 10.9 Å². The van der Waals surface area contributed by atoms with Gasteiger partial charge >= 0.3 is 6.09 Å². The lowest BCUT2D eigenvalue weighted by atomic mass is 9.96. The molecule has 0 fully saturated rings. The Morgan fingerprint density at radius 2 is 1.54 bits per heavy atom. The SMILES string of the molecule is CCC(C)CNC(=O)CC(O)C(CC(C)C)NC(=O)[C@H](Cc1cscn1)NC(=O)[C@H](Cc1cccc2ccccc12)NC(=O)OCc1ccccc1. The van der Waals surface area contributed by atoms with E-state index in [2.05, 4.69) is 26.3 Å². The molecule has 5 atom stereocenters. The molecule has 4 aromatic rings. The highest BCUT2D eigenvalue weighted by atomic mass is 32.1. The molecule has 0 aliphatic rings. The molecule has 4 rings (SSSR count). The Bertz CT molecular complexity index is 1730. The highest BCUT2D eigenvalue weighted by Gasteiger charge is 2.32. The van der Waals surface area contributed by atoms with Gasteiger partial charge in [0.2, 0.25) is 17.7 Å². The quantitative estimate of drug-likeness (QED) is 0.0876. The molecule has 0 saturated carbocycles. The van der Waals surface area contributed by atoms with Crippen LogP contribution in [0.3, 0.4) is 0 Å². The molecule has 0 spiro atoms. The van der Waals surface area contributed by atoms with Gasteiger partial charge in [0.25, 0.3) is 0 Å². The molecule has 0 saturated heterocycles. The molecular weight excluding hydrogens is 679 g/mol. The number of hydrogen-bond acceptors (Lipinski definition) is 8. The summed E-state index contributed by atoms with van der Waals surface area (Å²) in [4.78, 5) is 58.3. The second-order valence-electron chi connectivity index (χ2n) is 13.7. The third-order valence-corrected chi connectivity index (χ3v) is 9.55. The van der Waals surface area contributed by atoms with E-state index in [0.717, 1.165) is 28.3 Å². The number of nitrogens with zero attached hydrogens (tertiary/aromatic N) is 1. The van der Waals surface area contributed by atoms with Gasteiger partial charge in [-0.05, 0) is 40.2 Å². The standard InChI is InChI=1S/C40H51N5O6S/c1-5-27(4)22-41-37(47)21-36(46)33(18-26(2)3)43-39(49)35(20-31-24-52-25-42-31)44-38(48)34(45-40(50)51-23-28-12-7-6-8-13-28)19-30-16-11-15-29-14-9-10-17-32(29)30/h6-17,24-27,33-36,46H,5,18-23H2,1-4H3,(H,41,47)(H,43,49)(H,44,48)(H,45,50)/t27?,33?,34-,35-,36?/m0/s1. The number of rotatable bonds is 19. The summed E-state index contributed by atoms with van der Waals surface area (Å²) in [6, 6.07) is 19.8. The fourth-order valence-electron chi connectivity index (χ4n) is 5.78. The number of aromatic nitrogens is 1. The van der Waals surface area contributed by atoms with E-state index < -0.39 is 42.1 Å². The van der Waals surface area contributed by atoms with Crippen molar-refractivity contribution < 1.29 is 29.0 Å². The summed E-state index contributed by atoms with van der Waals surface area (Å²) in [6.45, 7) is 8.51. The van der Waals surface area contributed by atoms with Gasteiger partial charge in [0.1, 0.15) is 18.7 Å². The average Bonchev–Trinajstić information content (AvgIpc) is 3.65. The van der Waals surface area contributed by atoms with Crippen LogP contribution < -0.4 is 21.3 Å². The number of hydrogen-bond donors (Lipinski definition) is 5. The van der Waals surface area contributed by atoms with Crippen molar-refractivity contribution in [3.63, 3.8) is 0 Å². The van der Waals surface area contributed by atoms with Crippen molar-refractivity contribution in [1.82, 2.24) is 26.3 Å². The Hall–Kier alpha value is -4.81. The molecule has 11 nitrogen and oxygen atoms in total. The van der Waals surface area contributed by atoms with Crippen molar-refractivity contribution in [1.29, 1.82) is 0 Å². The van der Waals surface area contributed by atoms with Crippen LogP contribution >= 0.6 is 11.3 Å². The molecule has 278 valence electrons. The summed E-state index contributed by atoms with van der Waals surface area (Å²) in [5.41, 5.74) is 3.85. The van der Waals surface area contributed by atoms with E-state index in [1.807, 2.05) is 100 Å². The van der Waals surface area contributed by atoms with Crippen LogP contribution in [0.25, 0.3) is 10.8 Å².